The van der Waals surface area contributed by atoms with Crippen molar-refractivity contribution in [1.29, 1.82) is 0 Å². The van der Waals surface area contributed by atoms with E-state index in [1.807, 2.05) is 60.7 Å². The summed E-state index contributed by atoms with van der Waals surface area (Å²) in [6.45, 7) is 2.18. The maximum absolute atomic E-state index is 13.3. The molecule has 2 amide bonds. The Morgan fingerprint density at radius 1 is 0.957 bits per heavy atom. The van der Waals surface area contributed by atoms with Crippen LogP contribution in [0.2, 0.25) is 0 Å². The fraction of sp³-hybridized carbons (Fsp3) is 0.459. The fourth-order valence-corrected chi connectivity index (χ4v) is 11.1. The maximum Gasteiger partial charge on any atom is 0.319 e. The van der Waals surface area contributed by atoms with Gasteiger partial charge in [0, 0.05) is 28.5 Å². The Morgan fingerprint density at radius 3 is 2.41 bits per heavy atom. The molecule has 4 saturated carbocycles. The number of aromatic nitrogens is 1. The van der Waals surface area contributed by atoms with Crippen LogP contribution in [0.5, 0.6) is 0 Å². The molecule has 9 heteroatoms. The summed E-state index contributed by atoms with van der Waals surface area (Å²) in [7, 11) is 0. The summed E-state index contributed by atoms with van der Waals surface area (Å²) in [6, 6.07) is 24.0. The van der Waals surface area contributed by atoms with Crippen molar-refractivity contribution in [3.8, 4) is 0 Å². The number of nitrogens with zero attached hydrogens (tertiary/aromatic N) is 1. The first-order valence-corrected chi connectivity index (χ1v) is 18.4. The van der Waals surface area contributed by atoms with E-state index in [-0.39, 0.29) is 36.3 Å². The van der Waals surface area contributed by atoms with Crippen molar-refractivity contribution in [2.24, 2.45) is 23.7 Å². The molecule has 0 spiro atoms. The standard InChI is InChI=1S/C37H41N3O4S2/c1-22-31(21-45-36-39-30-7-2-3-8-32(30)46-36)43-34(44-33(22)27-11-9-23(20-41)10-12-27)28-5-4-6-29(16-28)38-35(42)40-37-17-24-13-25(18-37)15-26(14-24)19-37/h2-12,16,22,24-26,31,33-34,41H,13-15,17-21H2,1H3,(H2,38,40,42). The maximum atomic E-state index is 13.3. The smallest absolute Gasteiger partial charge is 0.319 e. The third kappa shape index (κ3) is 6.20. The molecule has 4 atom stereocenters. The van der Waals surface area contributed by atoms with Crippen LogP contribution >= 0.6 is 23.1 Å². The molecule has 3 aromatic carbocycles. The van der Waals surface area contributed by atoms with Crippen LogP contribution in [0.3, 0.4) is 0 Å². The Balaban J connectivity index is 0.997. The fourth-order valence-electron chi connectivity index (χ4n) is 8.81. The van der Waals surface area contributed by atoms with E-state index in [0.29, 0.717) is 0 Å². The number of anilines is 1. The summed E-state index contributed by atoms with van der Waals surface area (Å²) in [4.78, 5) is 18.2. The van der Waals surface area contributed by atoms with Crippen LogP contribution in [0, 0.1) is 23.7 Å². The number of urea groups is 1. The number of thioether (sulfide) groups is 1. The molecule has 2 heterocycles. The lowest BCUT2D eigenvalue weighted by molar-refractivity contribution is -0.268. The van der Waals surface area contributed by atoms with E-state index >= 15 is 0 Å². The van der Waals surface area contributed by atoms with Gasteiger partial charge in [-0.3, -0.25) is 0 Å². The zero-order valence-corrected chi connectivity index (χ0v) is 27.7. The van der Waals surface area contributed by atoms with Crippen molar-refractivity contribution in [2.75, 3.05) is 11.1 Å². The minimum absolute atomic E-state index is 0.00472. The number of carbonyl (C=O) groups excluding carboxylic acids is 1. The van der Waals surface area contributed by atoms with Gasteiger partial charge < -0.3 is 25.2 Å². The predicted octanol–water partition coefficient (Wildman–Crippen LogP) is 8.46. The second kappa shape index (κ2) is 12.6. The number of carbonyl (C=O) groups is 1. The number of para-hydroxylation sites is 1. The van der Waals surface area contributed by atoms with Gasteiger partial charge in [-0.25, -0.2) is 9.78 Å². The number of thiazole rings is 1. The summed E-state index contributed by atoms with van der Waals surface area (Å²) in [5, 5.41) is 16.2. The number of aliphatic hydroxyl groups excluding tert-OH is 1. The number of rotatable bonds is 8. The highest BCUT2D eigenvalue weighted by Crippen LogP contribution is 2.55. The van der Waals surface area contributed by atoms with Gasteiger partial charge in [-0.05, 0) is 91.7 Å². The van der Waals surface area contributed by atoms with Crippen molar-refractivity contribution < 1.29 is 19.4 Å². The molecular formula is C37H41N3O4S2. The first kappa shape index (κ1) is 30.4. The number of amides is 2. The summed E-state index contributed by atoms with van der Waals surface area (Å²) in [6.07, 6.45) is 6.47. The van der Waals surface area contributed by atoms with E-state index in [1.54, 1.807) is 23.1 Å². The van der Waals surface area contributed by atoms with Gasteiger partial charge in [0.15, 0.2) is 10.6 Å². The van der Waals surface area contributed by atoms with Crippen molar-refractivity contribution in [3.63, 3.8) is 0 Å². The van der Waals surface area contributed by atoms with Crippen LogP contribution in [0.25, 0.3) is 10.2 Å². The van der Waals surface area contributed by atoms with Gasteiger partial charge in [-0.2, -0.15) is 0 Å². The molecular weight excluding hydrogens is 615 g/mol. The lowest BCUT2D eigenvalue weighted by Crippen LogP contribution is -2.60. The Labute approximate surface area is 278 Å². The number of nitrogens with one attached hydrogen (secondary N) is 2. The number of benzene rings is 3. The lowest BCUT2D eigenvalue weighted by atomic mass is 9.53. The molecule has 5 aliphatic rings. The van der Waals surface area contributed by atoms with Crippen molar-refractivity contribution in [3.05, 3.63) is 89.5 Å². The molecule has 1 saturated heterocycles. The van der Waals surface area contributed by atoms with Crippen molar-refractivity contribution >= 4 is 45.0 Å². The van der Waals surface area contributed by atoms with Crippen LogP contribution < -0.4 is 10.6 Å². The zero-order chi connectivity index (χ0) is 31.3. The van der Waals surface area contributed by atoms with Crippen LogP contribution in [-0.4, -0.2) is 33.5 Å². The molecule has 46 heavy (non-hydrogen) atoms. The Bertz CT molecular complexity index is 1640. The predicted molar refractivity (Wildman–Crippen MR) is 183 cm³/mol. The van der Waals surface area contributed by atoms with Gasteiger partial charge in [-0.15, -0.1) is 11.3 Å². The average Bonchev–Trinajstić information content (AvgIpc) is 3.47. The highest BCUT2D eigenvalue weighted by Gasteiger charge is 2.51. The average molecular weight is 656 g/mol. The normalized spacial score (nSPS) is 31.7. The molecule has 240 valence electrons. The van der Waals surface area contributed by atoms with Crippen LogP contribution in [0.4, 0.5) is 10.5 Å². The zero-order valence-electron chi connectivity index (χ0n) is 26.1. The molecule has 4 aliphatic carbocycles. The van der Waals surface area contributed by atoms with E-state index in [9.17, 15) is 9.90 Å². The number of hydrogen-bond acceptors (Lipinski definition) is 7. The molecule has 3 N–H and O–H groups in total. The molecule has 5 fully saturated rings. The minimum atomic E-state index is -0.604. The minimum Gasteiger partial charge on any atom is -0.392 e. The Hall–Kier alpha value is -2.95. The Kier molecular flexibility index (Phi) is 8.31. The van der Waals surface area contributed by atoms with E-state index in [4.69, 9.17) is 14.5 Å². The number of aliphatic hydroxyl groups is 1. The first-order chi connectivity index (χ1) is 22.4. The molecule has 4 bridgehead atoms. The second-order valence-corrected chi connectivity index (χ2v) is 16.3. The monoisotopic (exact) mass is 655 g/mol. The van der Waals surface area contributed by atoms with Gasteiger partial charge in [0.1, 0.15) is 0 Å². The third-order valence-corrected chi connectivity index (χ3v) is 12.9. The molecule has 1 aromatic heterocycles. The van der Waals surface area contributed by atoms with Gasteiger partial charge in [0.05, 0.1) is 29.0 Å². The van der Waals surface area contributed by atoms with Gasteiger partial charge in [-0.1, -0.05) is 67.2 Å². The van der Waals surface area contributed by atoms with Crippen LogP contribution in [-0.2, 0) is 16.1 Å². The molecule has 0 radical (unpaired) electrons. The lowest BCUT2D eigenvalue weighted by Gasteiger charge is -2.56. The Morgan fingerprint density at radius 2 is 1.70 bits per heavy atom. The summed E-state index contributed by atoms with van der Waals surface area (Å²) in [5.41, 5.74) is 4.49. The molecule has 7 nitrogen and oxygen atoms in total. The molecule has 9 rings (SSSR count). The largest absolute Gasteiger partial charge is 0.392 e. The van der Waals surface area contributed by atoms with E-state index in [0.717, 1.165) is 75.0 Å². The van der Waals surface area contributed by atoms with Crippen molar-refractivity contribution in [2.45, 2.75) is 80.4 Å². The van der Waals surface area contributed by atoms with Gasteiger partial charge >= 0.3 is 6.03 Å². The second-order valence-electron chi connectivity index (χ2n) is 14.0. The number of ether oxygens (including phenoxy) is 2. The highest BCUT2D eigenvalue weighted by molar-refractivity contribution is 8.01. The van der Waals surface area contributed by atoms with Gasteiger partial charge in [0.2, 0.25) is 0 Å². The summed E-state index contributed by atoms with van der Waals surface area (Å²) in [5.74, 6) is 3.12. The van der Waals surface area contributed by atoms with Crippen LogP contribution in [0.1, 0.15) is 74.5 Å². The van der Waals surface area contributed by atoms with Crippen LogP contribution in [0.15, 0.2) is 77.1 Å². The topological polar surface area (TPSA) is 92.7 Å². The number of fused-ring (bicyclic) bond motifs is 1. The number of hydrogen-bond donors (Lipinski definition) is 3. The third-order valence-electron chi connectivity index (χ3n) is 10.6. The summed E-state index contributed by atoms with van der Waals surface area (Å²) >= 11 is 3.43. The summed E-state index contributed by atoms with van der Waals surface area (Å²) < 4.78 is 15.6. The van der Waals surface area contributed by atoms with E-state index in [1.165, 1.54) is 24.0 Å². The molecule has 4 unspecified atom stereocenters. The molecule has 1 aliphatic heterocycles. The first-order valence-electron chi connectivity index (χ1n) is 16.6. The SMILES string of the molecule is CC1C(CSc2nc3ccccc3s2)OC(c2cccc(NC(=O)NC34CC5CC(CC(C5)C3)C4)c2)OC1c1ccc(CO)cc1. The quantitative estimate of drug-likeness (QED) is 0.165. The van der Waals surface area contributed by atoms with E-state index in [2.05, 4.69) is 29.7 Å². The van der Waals surface area contributed by atoms with E-state index < -0.39 is 6.29 Å². The highest BCUT2D eigenvalue weighted by atomic mass is 32.2. The van der Waals surface area contributed by atoms with Gasteiger partial charge in [0.25, 0.3) is 0 Å². The van der Waals surface area contributed by atoms with Crippen molar-refractivity contribution in [1.82, 2.24) is 10.3 Å². The molecule has 4 aromatic rings.